The highest BCUT2D eigenvalue weighted by Gasteiger charge is 2.13. The van der Waals surface area contributed by atoms with Crippen molar-refractivity contribution in [1.29, 1.82) is 0 Å². The number of nitrogens with one attached hydrogen (secondary N) is 1. The molecule has 0 saturated carbocycles. The lowest BCUT2D eigenvalue weighted by Gasteiger charge is -2.07. The van der Waals surface area contributed by atoms with Gasteiger partial charge < -0.3 is 5.73 Å². The van der Waals surface area contributed by atoms with E-state index in [1.54, 1.807) is 24.3 Å². The maximum absolute atomic E-state index is 11.9. The van der Waals surface area contributed by atoms with Gasteiger partial charge in [-0.25, -0.2) is 13.4 Å². The molecule has 0 amide bonds. The number of aromatic nitrogens is 1. The molecule has 0 radical (unpaired) electrons. The zero-order valence-electron chi connectivity index (χ0n) is 8.87. The third-order valence-electron chi connectivity index (χ3n) is 2.09. The maximum atomic E-state index is 11.9. The van der Waals surface area contributed by atoms with Crippen LogP contribution in [0.5, 0.6) is 0 Å². The monoisotopic (exact) mass is 249 g/mol. The molecular formula is C11H11N3O2S. The van der Waals surface area contributed by atoms with Gasteiger partial charge in [-0.15, -0.1) is 0 Å². The van der Waals surface area contributed by atoms with Gasteiger partial charge in [-0.05, 0) is 24.3 Å². The molecule has 2 rings (SSSR count). The van der Waals surface area contributed by atoms with Crippen molar-refractivity contribution >= 4 is 21.5 Å². The van der Waals surface area contributed by atoms with Crippen molar-refractivity contribution in [1.82, 2.24) is 4.98 Å². The lowest BCUT2D eigenvalue weighted by molar-refractivity contribution is 0.601. The van der Waals surface area contributed by atoms with Crippen LogP contribution in [0.25, 0.3) is 0 Å². The van der Waals surface area contributed by atoms with Gasteiger partial charge in [-0.2, -0.15) is 0 Å². The van der Waals surface area contributed by atoms with E-state index >= 15 is 0 Å². The Morgan fingerprint density at radius 1 is 1.06 bits per heavy atom. The number of benzene rings is 1. The molecule has 0 fully saturated rings. The van der Waals surface area contributed by atoms with Crippen LogP contribution in [0.3, 0.4) is 0 Å². The highest BCUT2D eigenvalue weighted by atomic mass is 32.2. The minimum absolute atomic E-state index is 0.205. The summed E-state index contributed by atoms with van der Waals surface area (Å²) >= 11 is 0. The van der Waals surface area contributed by atoms with Gasteiger partial charge in [0.05, 0.1) is 16.8 Å². The molecule has 88 valence electrons. The first kappa shape index (κ1) is 11.4. The average Bonchev–Trinajstić information content (AvgIpc) is 2.33. The van der Waals surface area contributed by atoms with Gasteiger partial charge in [0.25, 0.3) is 10.0 Å². The first-order valence-electron chi connectivity index (χ1n) is 4.87. The van der Waals surface area contributed by atoms with Crippen LogP contribution in [0.15, 0.2) is 53.6 Å². The summed E-state index contributed by atoms with van der Waals surface area (Å²) in [4.78, 5) is 4.01. The molecular weight excluding hydrogens is 238 g/mol. The maximum Gasteiger partial charge on any atom is 0.261 e. The Morgan fingerprint density at radius 2 is 1.76 bits per heavy atom. The molecule has 3 N–H and O–H groups in total. The second-order valence-corrected chi connectivity index (χ2v) is 5.07. The highest BCUT2D eigenvalue weighted by Crippen LogP contribution is 2.15. The fourth-order valence-corrected chi connectivity index (χ4v) is 2.34. The van der Waals surface area contributed by atoms with Crippen molar-refractivity contribution in [2.75, 3.05) is 10.5 Å². The summed E-state index contributed by atoms with van der Waals surface area (Å²) in [7, 11) is -3.56. The van der Waals surface area contributed by atoms with Crippen LogP contribution >= 0.6 is 0 Å². The molecule has 0 aliphatic heterocycles. The van der Waals surface area contributed by atoms with Gasteiger partial charge in [0.1, 0.15) is 5.82 Å². The number of nitrogens with zero attached hydrogens (tertiary/aromatic N) is 1. The third-order valence-corrected chi connectivity index (χ3v) is 3.49. The van der Waals surface area contributed by atoms with Gasteiger partial charge in [-0.3, -0.25) is 4.72 Å². The van der Waals surface area contributed by atoms with E-state index < -0.39 is 10.0 Å². The lowest BCUT2D eigenvalue weighted by atomic mass is 10.4. The van der Waals surface area contributed by atoms with Crippen LogP contribution in [-0.2, 0) is 10.0 Å². The molecule has 0 aliphatic rings. The quantitative estimate of drug-likeness (QED) is 0.862. The predicted molar refractivity (Wildman–Crippen MR) is 65.9 cm³/mol. The van der Waals surface area contributed by atoms with Crippen LogP contribution in [0.4, 0.5) is 11.5 Å². The van der Waals surface area contributed by atoms with Crippen molar-refractivity contribution in [2.45, 2.75) is 4.90 Å². The summed E-state index contributed by atoms with van der Waals surface area (Å²) in [5.74, 6) is 0.340. The summed E-state index contributed by atoms with van der Waals surface area (Å²) in [6, 6.07) is 11.2. The Labute approximate surface area is 99.4 Å². The number of sulfonamides is 1. The molecule has 1 aromatic carbocycles. The van der Waals surface area contributed by atoms with Crippen LogP contribution in [0, 0.1) is 0 Å². The standard InChI is InChI=1S/C11H11N3O2S/c12-11-7-6-9(8-13-11)14-17(15,16)10-4-2-1-3-5-10/h1-8,14H,(H2,12,13). The summed E-state index contributed by atoms with van der Waals surface area (Å²) in [6.07, 6.45) is 1.37. The summed E-state index contributed by atoms with van der Waals surface area (Å²) < 4.78 is 26.2. The third kappa shape index (κ3) is 2.73. The van der Waals surface area contributed by atoms with E-state index in [1.165, 1.54) is 24.4 Å². The van der Waals surface area contributed by atoms with Crippen molar-refractivity contribution in [3.8, 4) is 0 Å². The van der Waals surface area contributed by atoms with Gasteiger partial charge in [0, 0.05) is 0 Å². The molecule has 0 unspecified atom stereocenters. The first-order chi connectivity index (χ1) is 8.08. The number of hydrogen-bond acceptors (Lipinski definition) is 4. The van der Waals surface area contributed by atoms with Gasteiger partial charge in [-0.1, -0.05) is 18.2 Å². The van der Waals surface area contributed by atoms with Gasteiger partial charge in [0.2, 0.25) is 0 Å². The van der Waals surface area contributed by atoms with E-state index in [-0.39, 0.29) is 4.90 Å². The fourth-order valence-electron chi connectivity index (χ4n) is 1.28. The Balaban J connectivity index is 2.27. The van der Waals surface area contributed by atoms with Crippen LogP contribution < -0.4 is 10.5 Å². The summed E-state index contributed by atoms with van der Waals surface area (Å²) in [5.41, 5.74) is 5.79. The van der Waals surface area contributed by atoms with Gasteiger partial charge in [0.15, 0.2) is 0 Å². The lowest BCUT2D eigenvalue weighted by Crippen LogP contribution is -2.12. The van der Waals surface area contributed by atoms with Crippen molar-refractivity contribution < 1.29 is 8.42 Å². The number of pyridine rings is 1. The second-order valence-electron chi connectivity index (χ2n) is 3.39. The van der Waals surface area contributed by atoms with Crippen LogP contribution in [0.2, 0.25) is 0 Å². The molecule has 5 nitrogen and oxygen atoms in total. The van der Waals surface area contributed by atoms with Crippen LogP contribution in [-0.4, -0.2) is 13.4 Å². The molecule has 1 heterocycles. The highest BCUT2D eigenvalue weighted by molar-refractivity contribution is 7.92. The second kappa shape index (κ2) is 4.42. The number of anilines is 2. The average molecular weight is 249 g/mol. The van der Waals surface area contributed by atoms with E-state index in [0.29, 0.717) is 11.5 Å². The zero-order chi connectivity index (χ0) is 12.3. The number of hydrogen-bond donors (Lipinski definition) is 2. The Bertz CT molecular complexity index is 594. The summed E-state index contributed by atoms with van der Waals surface area (Å²) in [5, 5.41) is 0. The van der Waals surface area contributed by atoms with E-state index in [9.17, 15) is 8.42 Å². The normalized spacial score (nSPS) is 11.1. The smallest absolute Gasteiger partial charge is 0.261 e. The van der Waals surface area contributed by atoms with Crippen molar-refractivity contribution in [2.24, 2.45) is 0 Å². The number of nitrogens with two attached hydrogens (primary N) is 1. The SMILES string of the molecule is Nc1ccc(NS(=O)(=O)c2ccccc2)cn1. The number of nitrogen functional groups attached to an aromatic ring is 1. The van der Waals surface area contributed by atoms with E-state index in [0.717, 1.165) is 0 Å². The minimum Gasteiger partial charge on any atom is -0.384 e. The van der Waals surface area contributed by atoms with Crippen molar-refractivity contribution in [3.63, 3.8) is 0 Å². The molecule has 1 aromatic heterocycles. The summed E-state index contributed by atoms with van der Waals surface area (Å²) in [6.45, 7) is 0. The van der Waals surface area contributed by atoms with Crippen molar-refractivity contribution in [3.05, 3.63) is 48.7 Å². The fraction of sp³-hybridized carbons (Fsp3) is 0. The zero-order valence-corrected chi connectivity index (χ0v) is 9.68. The molecule has 6 heteroatoms. The molecule has 0 saturated heterocycles. The minimum atomic E-state index is -3.56. The topological polar surface area (TPSA) is 85.1 Å². The van der Waals surface area contributed by atoms with Crippen LogP contribution in [0.1, 0.15) is 0 Å². The number of rotatable bonds is 3. The Kier molecular flexibility index (Phi) is 2.97. The van der Waals surface area contributed by atoms with Gasteiger partial charge >= 0.3 is 0 Å². The Hall–Kier alpha value is -2.08. The molecule has 0 bridgehead atoms. The molecule has 17 heavy (non-hydrogen) atoms. The molecule has 2 aromatic rings. The largest absolute Gasteiger partial charge is 0.384 e. The predicted octanol–water partition coefficient (Wildman–Crippen LogP) is 1.46. The Morgan fingerprint density at radius 3 is 2.35 bits per heavy atom. The molecule has 0 atom stereocenters. The molecule has 0 spiro atoms. The van der Waals surface area contributed by atoms with E-state index in [2.05, 4.69) is 9.71 Å². The molecule has 0 aliphatic carbocycles. The van der Waals surface area contributed by atoms with E-state index in [4.69, 9.17) is 5.73 Å². The van der Waals surface area contributed by atoms with E-state index in [1.807, 2.05) is 0 Å². The first-order valence-corrected chi connectivity index (χ1v) is 6.36.